The van der Waals surface area contributed by atoms with E-state index in [1.807, 2.05) is 0 Å². The van der Waals surface area contributed by atoms with Gasteiger partial charge in [-0.2, -0.15) is 12.6 Å². The highest BCUT2D eigenvalue weighted by Gasteiger charge is 2.31. The minimum atomic E-state index is -1.30. The number of thiol groups is 1. The van der Waals surface area contributed by atoms with Gasteiger partial charge in [-0.15, -0.1) is 0 Å². The zero-order valence-electron chi connectivity index (χ0n) is 18.9. The van der Waals surface area contributed by atoms with Crippen molar-refractivity contribution >= 4 is 42.2 Å². The number of carbonyl (C=O) groups excluding carboxylic acids is 4. The van der Waals surface area contributed by atoms with Gasteiger partial charge in [0, 0.05) is 12.2 Å². The second-order valence-corrected chi connectivity index (χ2v) is 8.39. The smallest absolute Gasteiger partial charge is 0.326 e. The van der Waals surface area contributed by atoms with E-state index < -0.39 is 66.1 Å². The van der Waals surface area contributed by atoms with E-state index in [9.17, 15) is 34.2 Å². The number of aliphatic carboxylic acids is 1. The molecule has 9 N–H and O–H groups in total. The van der Waals surface area contributed by atoms with Crippen molar-refractivity contribution in [2.45, 2.75) is 50.9 Å². The number of benzene rings is 1. The van der Waals surface area contributed by atoms with E-state index in [0.29, 0.717) is 5.56 Å². The van der Waals surface area contributed by atoms with E-state index >= 15 is 0 Å². The van der Waals surface area contributed by atoms with Crippen molar-refractivity contribution in [1.82, 2.24) is 16.0 Å². The fraction of sp³-hybridized carbons (Fsp3) is 0.476. The van der Waals surface area contributed by atoms with Crippen molar-refractivity contribution in [3.8, 4) is 5.75 Å². The van der Waals surface area contributed by atoms with Crippen molar-refractivity contribution < 1.29 is 34.2 Å². The third kappa shape index (κ3) is 9.27. The van der Waals surface area contributed by atoms with Crippen LogP contribution in [-0.4, -0.2) is 69.7 Å². The van der Waals surface area contributed by atoms with Gasteiger partial charge in [-0.3, -0.25) is 19.2 Å². The number of primary amides is 1. The molecule has 12 nitrogen and oxygen atoms in total. The van der Waals surface area contributed by atoms with Gasteiger partial charge in [0.05, 0.1) is 12.5 Å². The number of phenolic OH excluding ortho intramolecular Hbond substituents is 1. The monoisotopic (exact) mass is 497 g/mol. The number of nitrogens with one attached hydrogen (secondary N) is 3. The first kappa shape index (κ1) is 28.7. The molecule has 4 amide bonds. The third-order valence-electron chi connectivity index (χ3n) is 4.81. The first-order valence-electron chi connectivity index (χ1n) is 10.4. The van der Waals surface area contributed by atoms with Crippen molar-refractivity contribution in [3.63, 3.8) is 0 Å². The molecule has 0 radical (unpaired) electrons. The Hall–Kier alpha value is -3.32. The molecule has 0 fully saturated rings. The number of carboxylic acids is 1. The number of aromatic hydroxyl groups is 1. The molecular weight excluding hydrogens is 466 g/mol. The molecule has 1 rings (SSSR count). The highest BCUT2D eigenvalue weighted by Crippen LogP contribution is 2.12. The lowest BCUT2D eigenvalue weighted by Crippen LogP contribution is -2.59. The number of rotatable bonds is 13. The number of phenols is 1. The second kappa shape index (κ2) is 13.4. The van der Waals surface area contributed by atoms with Gasteiger partial charge in [0.15, 0.2) is 0 Å². The van der Waals surface area contributed by atoms with Crippen molar-refractivity contribution in [2.24, 2.45) is 17.4 Å². The molecule has 0 aliphatic rings. The lowest BCUT2D eigenvalue weighted by Gasteiger charge is -2.26. The molecule has 0 heterocycles. The Morgan fingerprint density at radius 3 is 1.97 bits per heavy atom. The summed E-state index contributed by atoms with van der Waals surface area (Å²) in [5, 5.41) is 26.1. The fourth-order valence-electron chi connectivity index (χ4n) is 2.90. The van der Waals surface area contributed by atoms with Crippen LogP contribution in [0.2, 0.25) is 0 Å². The standard InChI is InChI=1S/C21H31N5O7S/c1-10(2)17(26-18(29)13(22)8-16(23)28)20(31)25-15(9-34)19(30)24-14(21(32)33)7-11-3-5-12(27)6-4-11/h3-6,10,13-15,17,27,34H,7-9,22H2,1-2H3,(H2,23,28)(H,24,30)(H,25,31)(H,26,29)(H,32,33). The van der Waals surface area contributed by atoms with Gasteiger partial charge in [-0.1, -0.05) is 26.0 Å². The highest BCUT2D eigenvalue weighted by molar-refractivity contribution is 7.80. The summed E-state index contributed by atoms with van der Waals surface area (Å²) in [6.07, 6.45) is -0.464. The summed E-state index contributed by atoms with van der Waals surface area (Å²) >= 11 is 4.07. The molecule has 0 saturated heterocycles. The minimum Gasteiger partial charge on any atom is -0.508 e. The average molecular weight is 498 g/mol. The van der Waals surface area contributed by atoms with E-state index in [1.165, 1.54) is 24.3 Å². The molecule has 0 bridgehead atoms. The lowest BCUT2D eigenvalue weighted by molar-refractivity contribution is -0.142. The molecule has 13 heteroatoms. The molecule has 0 spiro atoms. The van der Waals surface area contributed by atoms with Crippen LogP contribution in [-0.2, 0) is 30.4 Å². The van der Waals surface area contributed by atoms with E-state index in [1.54, 1.807) is 13.8 Å². The summed E-state index contributed by atoms with van der Waals surface area (Å²) in [6.45, 7) is 3.30. The van der Waals surface area contributed by atoms with Gasteiger partial charge in [-0.05, 0) is 23.6 Å². The summed E-state index contributed by atoms with van der Waals surface area (Å²) in [4.78, 5) is 60.3. The highest BCUT2D eigenvalue weighted by atomic mass is 32.1. The molecule has 188 valence electrons. The van der Waals surface area contributed by atoms with Crippen molar-refractivity contribution in [3.05, 3.63) is 29.8 Å². The van der Waals surface area contributed by atoms with Crippen molar-refractivity contribution in [1.29, 1.82) is 0 Å². The number of hydrogen-bond donors (Lipinski definition) is 8. The van der Waals surface area contributed by atoms with Gasteiger partial charge in [0.1, 0.15) is 23.9 Å². The van der Waals surface area contributed by atoms with Gasteiger partial charge in [-0.25, -0.2) is 4.79 Å². The van der Waals surface area contributed by atoms with Crippen LogP contribution in [0.4, 0.5) is 0 Å². The van der Waals surface area contributed by atoms with Crippen LogP contribution in [0.15, 0.2) is 24.3 Å². The molecule has 0 aromatic heterocycles. The molecule has 1 aromatic rings. The Balaban J connectivity index is 2.85. The van der Waals surface area contributed by atoms with Gasteiger partial charge < -0.3 is 37.6 Å². The SMILES string of the molecule is CC(C)C(NC(=O)C(N)CC(N)=O)C(=O)NC(CS)C(=O)NC(Cc1ccc(O)cc1)C(=O)O. The Morgan fingerprint density at radius 1 is 0.941 bits per heavy atom. The number of amides is 4. The molecule has 0 aliphatic heterocycles. The van der Waals surface area contributed by atoms with Crippen LogP contribution in [0.25, 0.3) is 0 Å². The molecule has 1 aromatic carbocycles. The summed E-state index contributed by atoms with van der Waals surface area (Å²) in [7, 11) is 0. The van der Waals surface area contributed by atoms with Gasteiger partial charge in [0.25, 0.3) is 0 Å². The Labute approximate surface area is 202 Å². The van der Waals surface area contributed by atoms with E-state index in [0.717, 1.165) is 0 Å². The van der Waals surface area contributed by atoms with Crippen LogP contribution in [0.3, 0.4) is 0 Å². The maximum atomic E-state index is 12.8. The minimum absolute atomic E-state index is 0.0138. The number of carboxylic acid groups (broad SMARTS) is 1. The molecule has 4 unspecified atom stereocenters. The summed E-state index contributed by atoms with van der Waals surface area (Å²) in [5.41, 5.74) is 11.2. The Bertz CT molecular complexity index is 894. The van der Waals surface area contributed by atoms with Gasteiger partial charge >= 0.3 is 5.97 Å². The third-order valence-corrected chi connectivity index (χ3v) is 5.18. The van der Waals surface area contributed by atoms with E-state index in [2.05, 4.69) is 28.6 Å². The predicted molar refractivity (Wildman–Crippen MR) is 126 cm³/mol. The Kier molecular flexibility index (Phi) is 11.3. The number of carbonyl (C=O) groups is 5. The molecule has 0 aliphatic carbocycles. The topological polar surface area (TPSA) is 214 Å². The summed E-state index contributed by atoms with van der Waals surface area (Å²) in [6, 6.07) is 0.993. The van der Waals surface area contributed by atoms with Crippen LogP contribution >= 0.6 is 12.6 Å². The normalized spacial score (nSPS) is 14.4. The zero-order valence-corrected chi connectivity index (χ0v) is 19.7. The fourth-order valence-corrected chi connectivity index (χ4v) is 3.16. The van der Waals surface area contributed by atoms with Crippen LogP contribution in [0.1, 0.15) is 25.8 Å². The average Bonchev–Trinajstić information content (AvgIpc) is 2.75. The number of nitrogens with two attached hydrogens (primary N) is 2. The molecule has 34 heavy (non-hydrogen) atoms. The summed E-state index contributed by atoms with van der Waals surface area (Å²) in [5.74, 6) is -4.87. The van der Waals surface area contributed by atoms with E-state index in [-0.39, 0.29) is 17.9 Å². The first-order chi connectivity index (χ1) is 15.8. The molecule has 0 saturated carbocycles. The predicted octanol–water partition coefficient (Wildman–Crippen LogP) is -1.74. The zero-order chi connectivity index (χ0) is 26.0. The summed E-state index contributed by atoms with van der Waals surface area (Å²) < 4.78 is 0. The van der Waals surface area contributed by atoms with Crippen LogP contribution in [0.5, 0.6) is 5.75 Å². The van der Waals surface area contributed by atoms with Crippen molar-refractivity contribution in [2.75, 3.05) is 5.75 Å². The second-order valence-electron chi connectivity index (χ2n) is 8.02. The number of hydrogen-bond acceptors (Lipinski definition) is 8. The quantitative estimate of drug-likeness (QED) is 0.146. The lowest BCUT2D eigenvalue weighted by atomic mass is 10.0. The first-order valence-corrected chi connectivity index (χ1v) is 11.1. The maximum Gasteiger partial charge on any atom is 0.326 e. The Morgan fingerprint density at radius 2 is 1.50 bits per heavy atom. The molecular formula is C21H31N5O7S. The molecule has 4 atom stereocenters. The van der Waals surface area contributed by atoms with Crippen LogP contribution in [0, 0.1) is 5.92 Å². The van der Waals surface area contributed by atoms with Crippen LogP contribution < -0.4 is 27.4 Å². The van der Waals surface area contributed by atoms with E-state index in [4.69, 9.17) is 11.5 Å². The maximum absolute atomic E-state index is 12.8. The van der Waals surface area contributed by atoms with Gasteiger partial charge in [0.2, 0.25) is 23.6 Å². The largest absolute Gasteiger partial charge is 0.508 e.